The molecule has 0 aliphatic rings. The van der Waals surface area contributed by atoms with Crippen molar-refractivity contribution in [3.8, 4) is 28.2 Å². The molecule has 184 valence electrons. The maximum absolute atomic E-state index is 12.6. The zero-order valence-corrected chi connectivity index (χ0v) is 20.4. The van der Waals surface area contributed by atoms with E-state index in [0.717, 1.165) is 22.5 Å². The fourth-order valence-corrected chi connectivity index (χ4v) is 4.36. The minimum Gasteiger partial charge on any atom is -0.366 e. The number of nitrogens with one attached hydrogen (secondary N) is 2. The van der Waals surface area contributed by atoms with E-state index in [2.05, 4.69) is 15.5 Å². The Labute approximate surface area is 218 Å². The first-order chi connectivity index (χ1) is 18.0. The summed E-state index contributed by atoms with van der Waals surface area (Å²) in [6.45, 7) is 0. The zero-order valence-electron chi connectivity index (χ0n) is 19.7. The van der Waals surface area contributed by atoms with Gasteiger partial charge in [0.2, 0.25) is 11.8 Å². The first-order valence-electron chi connectivity index (χ1n) is 11.6. The van der Waals surface area contributed by atoms with Crippen LogP contribution in [-0.2, 0) is 11.2 Å². The van der Waals surface area contributed by atoms with Gasteiger partial charge in [0, 0.05) is 46.3 Å². The number of benzene rings is 3. The lowest BCUT2D eigenvalue weighted by molar-refractivity contribution is -0.116. The molecule has 0 atom stereocenters. The Morgan fingerprint density at radius 1 is 1.03 bits per heavy atom. The van der Waals surface area contributed by atoms with E-state index >= 15 is 0 Å². The standard InChI is InChI=1S/C28H23ClN6O2/c29-19-6-4-9-22(14-19)35-17-21(12-13-25(36)33-20-7-2-1-3-8-20)34-28(35)26-23(18-15-31-32-16-18)10-5-11-24(26)27(30)37/h1-11,14-17H,12-13H2,(H2,30,37)(H,31,32)(H,33,36). The van der Waals surface area contributed by atoms with E-state index in [1.807, 2.05) is 65.4 Å². The van der Waals surface area contributed by atoms with Crippen LogP contribution in [0, 0.1) is 0 Å². The quantitative estimate of drug-likeness (QED) is 0.264. The second kappa shape index (κ2) is 10.5. The van der Waals surface area contributed by atoms with Crippen LogP contribution < -0.4 is 11.1 Å². The van der Waals surface area contributed by atoms with Crippen LogP contribution in [-0.4, -0.2) is 31.6 Å². The number of aromatic amines is 1. The highest BCUT2D eigenvalue weighted by Gasteiger charge is 2.22. The van der Waals surface area contributed by atoms with Crippen molar-refractivity contribution in [3.05, 3.63) is 108 Å². The normalized spacial score (nSPS) is 10.8. The number of rotatable bonds is 8. The number of aromatic nitrogens is 4. The van der Waals surface area contributed by atoms with Gasteiger partial charge >= 0.3 is 0 Å². The van der Waals surface area contributed by atoms with Crippen LogP contribution in [0.25, 0.3) is 28.2 Å². The van der Waals surface area contributed by atoms with Crippen LogP contribution in [0.2, 0.25) is 5.02 Å². The van der Waals surface area contributed by atoms with E-state index in [0.29, 0.717) is 34.1 Å². The summed E-state index contributed by atoms with van der Waals surface area (Å²) in [4.78, 5) is 30.0. The number of para-hydroxylation sites is 1. The second-order valence-corrected chi connectivity index (χ2v) is 8.84. The highest BCUT2D eigenvalue weighted by atomic mass is 35.5. The number of anilines is 1. The molecule has 4 N–H and O–H groups in total. The molecule has 0 aliphatic carbocycles. The van der Waals surface area contributed by atoms with Gasteiger partial charge in [-0.2, -0.15) is 5.10 Å². The predicted molar refractivity (Wildman–Crippen MR) is 144 cm³/mol. The number of carbonyl (C=O) groups is 2. The van der Waals surface area contributed by atoms with Gasteiger partial charge in [0.1, 0.15) is 5.82 Å². The average Bonchev–Trinajstić information content (AvgIpc) is 3.58. The summed E-state index contributed by atoms with van der Waals surface area (Å²) >= 11 is 6.30. The van der Waals surface area contributed by atoms with E-state index in [4.69, 9.17) is 22.3 Å². The lowest BCUT2D eigenvalue weighted by Crippen LogP contribution is -2.14. The summed E-state index contributed by atoms with van der Waals surface area (Å²) in [5, 5.41) is 10.3. The minimum atomic E-state index is -0.579. The zero-order chi connectivity index (χ0) is 25.8. The average molecular weight is 511 g/mol. The fourth-order valence-electron chi connectivity index (χ4n) is 4.17. The summed E-state index contributed by atoms with van der Waals surface area (Å²) in [7, 11) is 0. The van der Waals surface area contributed by atoms with E-state index in [9.17, 15) is 9.59 Å². The van der Waals surface area contributed by atoms with Gasteiger partial charge in [-0.25, -0.2) is 4.98 Å². The van der Waals surface area contributed by atoms with Crippen molar-refractivity contribution in [2.24, 2.45) is 5.73 Å². The monoisotopic (exact) mass is 510 g/mol. The highest BCUT2D eigenvalue weighted by molar-refractivity contribution is 6.30. The molecule has 0 spiro atoms. The highest BCUT2D eigenvalue weighted by Crippen LogP contribution is 2.36. The number of hydrogen-bond donors (Lipinski definition) is 3. The third-order valence-corrected chi connectivity index (χ3v) is 6.11. The molecule has 0 aliphatic heterocycles. The van der Waals surface area contributed by atoms with Crippen LogP contribution in [0.1, 0.15) is 22.5 Å². The molecule has 9 heteroatoms. The molecular weight excluding hydrogens is 488 g/mol. The molecular formula is C28H23ClN6O2. The lowest BCUT2D eigenvalue weighted by atomic mass is 9.96. The van der Waals surface area contributed by atoms with E-state index in [1.54, 1.807) is 30.6 Å². The van der Waals surface area contributed by atoms with Crippen LogP contribution in [0.4, 0.5) is 5.69 Å². The number of nitrogens with two attached hydrogens (primary N) is 1. The van der Waals surface area contributed by atoms with Gasteiger partial charge in [-0.3, -0.25) is 19.3 Å². The smallest absolute Gasteiger partial charge is 0.249 e. The predicted octanol–water partition coefficient (Wildman–Crippen LogP) is 5.25. The molecule has 0 saturated carbocycles. The Hall–Kier alpha value is -4.69. The Morgan fingerprint density at radius 3 is 2.57 bits per heavy atom. The Kier molecular flexibility index (Phi) is 6.83. The molecule has 0 radical (unpaired) electrons. The molecule has 0 fully saturated rings. The molecule has 2 amide bonds. The first-order valence-corrected chi connectivity index (χ1v) is 12.0. The number of amides is 2. The number of hydrogen-bond acceptors (Lipinski definition) is 4. The molecule has 37 heavy (non-hydrogen) atoms. The van der Waals surface area contributed by atoms with Crippen molar-refractivity contribution in [2.75, 3.05) is 5.32 Å². The summed E-state index contributed by atoms with van der Waals surface area (Å²) in [5.41, 5.74) is 10.4. The van der Waals surface area contributed by atoms with Gasteiger partial charge in [-0.15, -0.1) is 0 Å². The minimum absolute atomic E-state index is 0.123. The van der Waals surface area contributed by atoms with Crippen LogP contribution in [0.3, 0.4) is 0 Å². The number of halogens is 1. The SMILES string of the molecule is NC(=O)c1cccc(-c2cn[nH]c2)c1-c1nc(CCC(=O)Nc2ccccc2)cn1-c1cccc(Cl)c1. The first kappa shape index (κ1) is 24.0. The number of nitrogens with zero attached hydrogens (tertiary/aromatic N) is 3. The van der Waals surface area contributed by atoms with Crippen molar-refractivity contribution < 1.29 is 9.59 Å². The van der Waals surface area contributed by atoms with E-state index in [1.165, 1.54) is 0 Å². The van der Waals surface area contributed by atoms with Crippen LogP contribution >= 0.6 is 11.6 Å². The third kappa shape index (κ3) is 5.29. The Morgan fingerprint density at radius 2 is 1.84 bits per heavy atom. The second-order valence-electron chi connectivity index (χ2n) is 8.40. The number of primary amides is 1. The summed E-state index contributed by atoms with van der Waals surface area (Å²) in [6.07, 6.45) is 5.88. The van der Waals surface area contributed by atoms with Crippen molar-refractivity contribution in [1.29, 1.82) is 0 Å². The van der Waals surface area contributed by atoms with Gasteiger partial charge in [-0.1, -0.05) is 48.0 Å². The van der Waals surface area contributed by atoms with E-state index < -0.39 is 5.91 Å². The molecule has 5 aromatic rings. The van der Waals surface area contributed by atoms with Crippen molar-refractivity contribution in [1.82, 2.24) is 19.7 Å². The molecule has 0 unspecified atom stereocenters. The molecule has 2 heterocycles. The van der Waals surface area contributed by atoms with Crippen molar-refractivity contribution in [2.45, 2.75) is 12.8 Å². The van der Waals surface area contributed by atoms with Crippen LogP contribution in [0.5, 0.6) is 0 Å². The van der Waals surface area contributed by atoms with Gasteiger partial charge in [0.25, 0.3) is 0 Å². The molecule has 5 rings (SSSR count). The molecule has 0 bridgehead atoms. The summed E-state index contributed by atoms with van der Waals surface area (Å²) < 4.78 is 1.86. The number of imidazole rings is 1. The Bertz CT molecular complexity index is 1560. The largest absolute Gasteiger partial charge is 0.366 e. The maximum atomic E-state index is 12.6. The fraction of sp³-hybridized carbons (Fsp3) is 0.0714. The van der Waals surface area contributed by atoms with Gasteiger partial charge < -0.3 is 11.1 Å². The van der Waals surface area contributed by atoms with Gasteiger partial charge in [-0.05, 0) is 48.4 Å². The van der Waals surface area contributed by atoms with Crippen molar-refractivity contribution in [3.63, 3.8) is 0 Å². The maximum Gasteiger partial charge on any atom is 0.249 e. The molecule has 2 aromatic heterocycles. The van der Waals surface area contributed by atoms with Crippen molar-refractivity contribution >= 4 is 29.1 Å². The summed E-state index contributed by atoms with van der Waals surface area (Å²) in [5.74, 6) is -0.196. The topological polar surface area (TPSA) is 119 Å². The molecule has 3 aromatic carbocycles. The van der Waals surface area contributed by atoms with Gasteiger partial charge in [0.05, 0.1) is 17.5 Å². The van der Waals surface area contributed by atoms with Gasteiger partial charge in [0.15, 0.2) is 0 Å². The Balaban J connectivity index is 1.58. The number of aryl methyl sites for hydroxylation is 1. The number of H-pyrrole nitrogens is 1. The van der Waals surface area contributed by atoms with E-state index in [-0.39, 0.29) is 12.3 Å². The lowest BCUT2D eigenvalue weighted by Gasteiger charge is -2.14. The van der Waals surface area contributed by atoms with Crippen LogP contribution in [0.15, 0.2) is 91.4 Å². The summed E-state index contributed by atoms with van der Waals surface area (Å²) in [6, 6.07) is 21.9. The number of carbonyl (C=O) groups excluding carboxylic acids is 2. The molecule has 0 saturated heterocycles. The third-order valence-electron chi connectivity index (χ3n) is 5.87. The molecule has 8 nitrogen and oxygen atoms in total.